The molecule has 0 unspecified atom stereocenters. The van der Waals surface area contributed by atoms with Crippen molar-refractivity contribution in [1.82, 2.24) is 14.8 Å². The van der Waals surface area contributed by atoms with Crippen LogP contribution in [-0.2, 0) is 18.3 Å². The van der Waals surface area contributed by atoms with E-state index in [0.29, 0.717) is 30.3 Å². The molecule has 0 fully saturated rings. The summed E-state index contributed by atoms with van der Waals surface area (Å²) >= 11 is 13.2. The second kappa shape index (κ2) is 11.7. The molecule has 0 aliphatic heterocycles. The van der Waals surface area contributed by atoms with Crippen LogP contribution in [0.2, 0.25) is 10.0 Å². The molecule has 0 radical (unpaired) electrons. The van der Waals surface area contributed by atoms with Crippen LogP contribution in [0.25, 0.3) is 16.7 Å². The first-order valence-electron chi connectivity index (χ1n) is 13.7. The summed E-state index contributed by atoms with van der Waals surface area (Å²) in [5, 5.41) is 9.07. The highest BCUT2D eigenvalue weighted by molar-refractivity contribution is 6.34. The van der Waals surface area contributed by atoms with E-state index in [9.17, 15) is 4.79 Å². The standard InChI is InChI=1S/C33H34Cl2N4O2/c1-18-15-23(16-19(2)32(18)35)41-14-8-10-24-25-12-13-28(34)31(30-21(4)38-39(6)22(30)5)26(25)17-27(24)33(40)37-29-11-7-9-20(3)36-29/h7,9,11-13,15-16H,8,10,14,17H2,1-6H3,(H,36,37,40). The Morgan fingerprint density at radius 1 is 1.02 bits per heavy atom. The molecule has 0 saturated carbocycles. The summed E-state index contributed by atoms with van der Waals surface area (Å²) in [6, 6.07) is 13.5. The van der Waals surface area contributed by atoms with Crippen LogP contribution in [0.3, 0.4) is 0 Å². The predicted molar refractivity (Wildman–Crippen MR) is 167 cm³/mol. The van der Waals surface area contributed by atoms with Crippen molar-refractivity contribution in [3.8, 4) is 16.9 Å². The Morgan fingerprint density at radius 2 is 1.76 bits per heavy atom. The molecule has 212 valence electrons. The number of aromatic nitrogens is 3. The zero-order valence-electron chi connectivity index (χ0n) is 24.3. The lowest BCUT2D eigenvalue weighted by Gasteiger charge is -2.14. The molecule has 0 bridgehead atoms. The summed E-state index contributed by atoms with van der Waals surface area (Å²) in [6.07, 6.45) is 1.88. The minimum absolute atomic E-state index is 0.152. The molecule has 2 aromatic heterocycles. The number of ether oxygens (including phenoxy) is 1. The van der Waals surface area contributed by atoms with Crippen molar-refractivity contribution in [3.63, 3.8) is 0 Å². The van der Waals surface area contributed by atoms with E-state index in [4.69, 9.17) is 27.9 Å². The highest BCUT2D eigenvalue weighted by Crippen LogP contribution is 2.45. The number of fused-ring (bicyclic) bond motifs is 1. The maximum atomic E-state index is 13.7. The van der Waals surface area contributed by atoms with Crippen LogP contribution in [0.4, 0.5) is 5.82 Å². The van der Waals surface area contributed by atoms with Crippen LogP contribution in [0, 0.1) is 34.6 Å². The number of nitrogens with zero attached hydrogens (tertiary/aromatic N) is 3. The van der Waals surface area contributed by atoms with E-state index in [1.807, 2.05) is 88.8 Å². The Hall–Kier alpha value is -3.61. The lowest BCUT2D eigenvalue weighted by molar-refractivity contribution is -0.112. The van der Waals surface area contributed by atoms with Gasteiger partial charge in [-0.2, -0.15) is 5.10 Å². The number of pyridine rings is 1. The first-order chi connectivity index (χ1) is 19.5. The number of halogens is 2. The van der Waals surface area contributed by atoms with Crippen molar-refractivity contribution >= 4 is 40.5 Å². The van der Waals surface area contributed by atoms with Gasteiger partial charge >= 0.3 is 0 Å². The summed E-state index contributed by atoms with van der Waals surface area (Å²) in [7, 11) is 1.93. The predicted octanol–water partition coefficient (Wildman–Crippen LogP) is 8.14. The molecule has 6 nitrogen and oxygen atoms in total. The Kier molecular flexibility index (Phi) is 8.25. The number of nitrogens with one attached hydrogen (secondary N) is 1. The fraction of sp³-hybridized carbons (Fsp3) is 0.303. The lowest BCUT2D eigenvalue weighted by atomic mass is 9.93. The Balaban J connectivity index is 1.47. The molecule has 4 aromatic rings. The normalized spacial score (nSPS) is 12.6. The van der Waals surface area contributed by atoms with Crippen molar-refractivity contribution in [3.05, 3.63) is 97.4 Å². The molecule has 1 amide bonds. The molecular weight excluding hydrogens is 555 g/mol. The molecule has 0 saturated heterocycles. The second-order valence-electron chi connectivity index (χ2n) is 10.7. The Morgan fingerprint density at radius 3 is 2.41 bits per heavy atom. The maximum Gasteiger partial charge on any atom is 0.253 e. The molecular formula is C33H34Cl2N4O2. The van der Waals surface area contributed by atoms with Gasteiger partial charge in [-0.15, -0.1) is 0 Å². The van der Waals surface area contributed by atoms with Crippen LogP contribution in [-0.4, -0.2) is 27.3 Å². The van der Waals surface area contributed by atoms with Crippen molar-refractivity contribution in [2.24, 2.45) is 7.05 Å². The topological polar surface area (TPSA) is 69.0 Å². The average molecular weight is 590 g/mol. The number of carbonyl (C=O) groups excluding carboxylic acids is 1. The van der Waals surface area contributed by atoms with E-state index in [2.05, 4.69) is 15.4 Å². The second-order valence-corrected chi connectivity index (χ2v) is 11.5. The zero-order valence-corrected chi connectivity index (χ0v) is 25.8. The molecule has 1 N–H and O–H groups in total. The van der Waals surface area contributed by atoms with Crippen molar-refractivity contribution in [2.45, 2.75) is 53.9 Å². The van der Waals surface area contributed by atoms with Crippen molar-refractivity contribution < 1.29 is 9.53 Å². The molecule has 5 rings (SSSR count). The third-order valence-electron chi connectivity index (χ3n) is 7.72. The third-order valence-corrected chi connectivity index (χ3v) is 8.63. The summed E-state index contributed by atoms with van der Waals surface area (Å²) in [5.41, 5.74) is 10.6. The van der Waals surface area contributed by atoms with E-state index in [1.165, 1.54) is 0 Å². The fourth-order valence-corrected chi connectivity index (χ4v) is 6.05. The van der Waals surface area contributed by atoms with E-state index in [0.717, 1.165) is 78.8 Å². The molecule has 8 heteroatoms. The SMILES string of the molecule is Cc1cccc(NC(=O)C2=C(CCCOc3cc(C)c(Cl)c(C)c3)c3ccc(Cl)c(-c4c(C)nn(C)c4C)c3C2)n1. The summed E-state index contributed by atoms with van der Waals surface area (Å²) < 4.78 is 7.97. The minimum Gasteiger partial charge on any atom is -0.494 e. The first kappa shape index (κ1) is 28.9. The van der Waals surface area contributed by atoms with E-state index in [-0.39, 0.29) is 5.91 Å². The maximum absolute atomic E-state index is 13.7. The average Bonchev–Trinajstić information content (AvgIpc) is 3.41. The molecule has 0 atom stereocenters. The largest absolute Gasteiger partial charge is 0.494 e. The van der Waals surface area contributed by atoms with Crippen molar-refractivity contribution in [1.29, 1.82) is 0 Å². The van der Waals surface area contributed by atoms with E-state index in [1.54, 1.807) is 0 Å². The van der Waals surface area contributed by atoms with Gasteiger partial charge in [-0.05, 0) is 106 Å². The molecule has 1 aliphatic rings. The molecule has 2 aromatic carbocycles. The van der Waals surface area contributed by atoms with Gasteiger partial charge in [0, 0.05) is 51.6 Å². The third kappa shape index (κ3) is 5.77. The number of hydrogen-bond donors (Lipinski definition) is 1. The number of carbonyl (C=O) groups is 1. The van der Waals surface area contributed by atoms with Gasteiger partial charge < -0.3 is 10.1 Å². The fourth-order valence-electron chi connectivity index (χ4n) is 5.67. The molecule has 2 heterocycles. The van der Waals surface area contributed by atoms with Crippen LogP contribution in [0.1, 0.15) is 52.2 Å². The zero-order chi connectivity index (χ0) is 29.4. The number of benzene rings is 2. The molecule has 41 heavy (non-hydrogen) atoms. The number of aryl methyl sites for hydroxylation is 5. The van der Waals surface area contributed by atoms with E-state index >= 15 is 0 Å². The summed E-state index contributed by atoms with van der Waals surface area (Å²) in [4.78, 5) is 18.2. The van der Waals surface area contributed by atoms with Crippen LogP contribution in [0.5, 0.6) is 5.75 Å². The van der Waals surface area contributed by atoms with Gasteiger partial charge in [0.15, 0.2) is 0 Å². The van der Waals surface area contributed by atoms with Gasteiger partial charge in [-0.1, -0.05) is 35.3 Å². The lowest BCUT2D eigenvalue weighted by Crippen LogP contribution is -2.16. The van der Waals surface area contributed by atoms with Gasteiger partial charge in [-0.25, -0.2) is 4.98 Å². The van der Waals surface area contributed by atoms with Crippen LogP contribution < -0.4 is 10.1 Å². The highest BCUT2D eigenvalue weighted by atomic mass is 35.5. The number of anilines is 1. The van der Waals surface area contributed by atoms with E-state index < -0.39 is 0 Å². The Labute approximate surface area is 251 Å². The van der Waals surface area contributed by atoms with Gasteiger partial charge in [0.25, 0.3) is 5.91 Å². The van der Waals surface area contributed by atoms with Crippen molar-refractivity contribution in [2.75, 3.05) is 11.9 Å². The summed E-state index contributed by atoms with van der Waals surface area (Å²) in [5.74, 6) is 1.18. The van der Waals surface area contributed by atoms with Gasteiger partial charge in [-0.3, -0.25) is 9.48 Å². The van der Waals surface area contributed by atoms with Gasteiger partial charge in [0.2, 0.25) is 0 Å². The van der Waals surface area contributed by atoms with Gasteiger partial charge in [0.05, 0.1) is 12.3 Å². The summed E-state index contributed by atoms with van der Waals surface area (Å²) in [6.45, 7) is 10.4. The highest BCUT2D eigenvalue weighted by Gasteiger charge is 2.31. The number of amides is 1. The smallest absolute Gasteiger partial charge is 0.253 e. The quantitative estimate of drug-likeness (QED) is 0.211. The minimum atomic E-state index is -0.152. The number of allylic oxidation sites excluding steroid dienone is 1. The van der Waals surface area contributed by atoms with Crippen LogP contribution in [0.15, 0.2) is 48.0 Å². The first-order valence-corrected chi connectivity index (χ1v) is 14.5. The number of hydrogen-bond acceptors (Lipinski definition) is 4. The molecule has 1 aliphatic carbocycles. The molecule has 0 spiro atoms. The monoisotopic (exact) mass is 588 g/mol. The van der Waals surface area contributed by atoms with Crippen LogP contribution >= 0.6 is 23.2 Å². The number of rotatable bonds is 8. The Bertz CT molecular complexity index is 1680. The van der Waals surface area contributed by atoms with Gasteiger partial charge in [0.1, 0.15) is 11.6 Å².